The van der Waals surface area contributed by atoms with Gasteiger partial charge in [-0.2, -0.15) is 0 Å². The van der Waals surface area contributed by atoms with Crippen molar-refractivity contribution in [3.8, 4) is 5.88 Å². The first-order valence-electron chi connectivity index (χ1n) is 7.80. The highest BCUT2D eigenvalue weighted by Gasteiger charge is 2.21. The number of aromatic nitrogens is 1. The van der Waals surface area contributed by atoms with Crippen molar-refractivity contribution in [2.75, 3.05) is 33.3 Å². The summed E-state index contributed by atoms with van der Waals surface area (Å²) in [6, 6.07) is 7.71. The molecule has 2 aromatic heterocycles. The zero-order chi connectivity index (χ0) is 16.1. The first kappa shape index (κ1) is 16.0. The molecule has 0 atom stereocenters. The third-order valence-electron chi connectivity index (χ3n) is 4.03. The molecule has 0 radical (unpaired) electrons. The normalized spacial score (nSPS) is 16.1. The molecule has 0 aliphatic carbocycles. The van der Waals surface area contributed by atoms with Crippen LogP contribution in [0.2, 0.25) is 0 Å². The second kappa shape index (κ2) is 7.57. The molecule has 0 spiro atoms. The lowest BCUT2D eigenvalue weighted by Gasteiger charge is -2.21. The van der Waals surface area contributed by atoms with Crippen molar-refractivity contribution in [2.45, 2.75) is 13.0 Å². The number of ether oxygens (including phenoxy) is 1. The molecule has 0 N–H and O–H groups in total. The van der Waals surface area contributed by atoms with Crippen LogP contribution in [0.3, 0.4) is 0 Å². The average molecular weight is 331 g/mol. The van der Waals surface area contributed by atoms with Crippen LogP contribution in [0.5, 0.6) is 5.88 Å². The van der Waals surface area contributed by atoms with Gasteiger partial charge in [-0.25, -0.2) is 4.98 Å². The van der Waals surface area contributed by atoms with E-state index in [-0.39, 0.29) is 5.91 Å². The quantitative estimate of drug-likeness (QED) is 0.863. The summed E-state index contributed by atoms with van der Waals surface area (Å²) in [7, 11) is 1.56. The SMILES string of the molecule is COc1cc(C(=O)N2CCCN(Cc3cccs3)CC2)ccn1. The van der Waals surface area contributed by atoms with Gasteiger partial charge < -0.3 is 9.64 Å². The summed E-state index contributed by atoms with van der Waals surface area (Å²) in [4.78, 5) is 22.5. The van der Waals surface area contributed by atoms with E-state index in [0.717, 1.165) is 39.1 Å². The van der Waals surface area contributed by atoms with E-state index >= 15 is 0 Å². The van der Waals surface area contributed by atoms with Gasteiger partial charge >= 0.3 is 0 Å². The van der Waals surface area contributed by atoms with Crippen LogP contribution >= 0.6 is 11.3 Å². The monoisotopic (exact) mass is 331 g/mol. The van der Waals surface area contributed by atoms with Crippen LogP contribution in [0.15, 0.2) is 35.8 Å². The summed E-state index contributed by atoms with van der Waals surface area (Å²) in [5.74, 6) is 0.536. The Morgan fingerprint density at radius 1 is 1.30 bits per heavy atom. The molecule has 0 bridgehead atoms. The Kier molecular flexibility index (Phi) is 5.25. The number of hydrogen-bond donors (Lipinski definition) is 0. The molecule has 0 unspecified atom stereocenters. The molecule has 0 aromatic carbocycles. The van der Waals surface area contributed by atoms with Gasteiger partial charge in [-0.15, -0.1) is 11.3 Å². The highest BCUT2D eigenvalue weighted by Crippen LogP contribution is 2.16. The number of hydrogen-bond acceptors (Lipinski definition) is 5. The lowest BCUT2D eigenvalue weighted by atomic mass is 10.2. The Morgan fingerprint density at radius 3 is 3.00 bits per heavy atom. The van der Waals surface area contributed by atoms with Crippen molar-refractivity contribution >= 4 is 17.2 Å². The summed E-state index contributed by atoms with van der Waals surface area (Å²) in [5, 5.41) is 2.11. The third-order valence-corrected chi connectivity index (χ3v) is 4.89. The summed E-state index contributed by atoms with van der Waals surface area (Å²) >= 11 is 1.79. The number of carbonyl (C=O) groups is 1. The smallest absolute Gasteiger partial charge is 0.254 e. The minimum atomic E-state index is 0.0590. The lowest BCUT2D eigenvalue weighted by molar-refractivity contribution is 0.0760. The largest absolute Gasteiger partial charge is 0.481 e. The molecule has 3 heterocycles. The number of carbonyl (C=O) groups excluding carboxylic acids is 1. The second-order valence-corrected chi connectivity index (χ2v) is 6.62. The topological polar surface area (TPSA) is 45.7 Å². The first-order valence-corrected chi connectivity index (χ1v) is 8.68. The van der Waals surface area contributed by atoms with Gasteiger partial charge in [0, 0.05) is 55.4 Å². The number of thiophene rings is 1. The summed E-state index contributed by atoms with van der Waals surface area (Å²) in [6.45, 7) is 4.47. The Balaban J connectivity index is 1.61. The fourth-order valence-electron chi connectivity index (χ4n) is 2.79. The highest BCUT2D eigenvalue weighted by atomic mass is 32.1. The fourth-order valence-corrected chi connectivity index (χ4v) is 3.54. The van der Waals surface area contributed by atoms with Crippen LogP contribution in [0, 0.1) is 0 Å². The van der Waals surface area contributed by atoms with Crippen LogP contribution in [0.1, 0.15) is 21.7 Å². The summed E-state index contributed by atoms with van der Waals surface area (Å²) in [5.41, 5.74) is 0.642. The van der Waals surface area contributed by atoms with Crippen molar-refractivity contribution in [1.29, 1.82) is 0 Å². The number of pyridine rings is 1. The molecule has 1 amide bonds. The molecule has 122 valence electrons. The van der Waals surface area contributed by atoms with Gasteiger partial charge in [0.1, 0.15) is 0 Å². The third kappa shape index (κ3) is 4.09. The molecule has 1 saturated heterocycles. The first-order chi connectivity index (χ1) is 11.3. The summed E-state index contributed by atoms with van der Waals surface area (Å²) < 4.78 is 5.10. The van der Waals surface area contributed by atoms with Gasteiger partial charge in [-0.1, -0.05) is 6.07 Å². The molecule has 23 heavy (non-hydrogen) atoms. The molecule has 6 heteroatoms. The highest BCUT2D eigenvalue weighted by molar-refractivity contribution is 7.09. The standard InChI is InChI=1S/C17H21N3O2S/c1-22-16-12-14(5-6-18-16)17(21)20-8-3-7-19(9-10-20)13-15-4-2-11-23-15/h2,4-6,11-12H,3,7-10,13H2,1H3. The van der Waals surface area contributed by atoms with Crippen molar-refractivity contribution in [3.63, 3.8) is 0 Å². The molecular formula is C17H21N3O2S. The van der Waals surface area contributed by atoms with Crippen LogP contribution in [0.4, 0.5) is 0 Å². The van der Waals surface area contributed by atoms with E-state index in [0.29, 0.717) is 11.4 Å². The maximum atomic E-state index is 12.7. The fraction of sp³-hybridized carbons (Fsp3) is 0.412. The molecular weight excluding hydrogens is 310 g/mol. The molecule has 3 rings (SSSR count). The molecule has 5 nitrogen and oxygen atoms in total. The van der Waals surface area contributed by atoms with Gasteiger partial charge in [-0.05, 0) is 23.9 Å². The van der Waals surface area contributed by atoms with Gasteiger partial charge in [0.05, 0.1) is 7.11 Å². The van der Waals surface area contributed by atoms with Crippen molar-refractivity contribution in [2.24, 2.45) is 0 Å². The molecule has 1 fully saturated rings. The van der Waals surface area contributed by atoms with E-state index in [4.69, 9.17) is 4.74 Å². The van der Waals surface area contributed by atoms with E-state index in [2.05, 4.69) is 27.4 Å². The van der Waals surface area contributed by atoms with Crippen LogP contribution in [0.25, 0.3) is 0 Å². The van der Waals surface area contributed by atoms with Crippen molar-refractivity contribution in [1.82, 2.24) is 14.8 Å². The van der Waals surface area contributed by atoms with Gasteiger partial charge in [0.2, 0.25) is 5.88 Å². The Labute approximate surface area is 140 Å². The Bertz CT molecular complexity index is 645. The van der Waals surface area contributed by atoms with Crippen molar-refractivity contribution in [3.05, 3.63) is 46.3 Å². The van der Waals surface area contributed by atoms with E-state index in [1.807, 2.05) is 4.90 Å². The average Bonchev–Trinajstić information content (AvgIpc) is 2.99. The van der Waals surface area contributed by atoms with E-state index in [9.17, 15) is 4.79 Å². The van der Waals surface area contributed by atoms with Crippen molar-refractivity contribution < 1.29 is 9.53 Å². The Morgan fingerprint density at radius 2 is 2.22 bits per heavy atom. The van der Waals surface area contributed by atoms with E-state index < -0.39 is 0 Å². The minimum Gasteiger partial charge on any atom is -0.481 e. The van der Waals surface area contributed by atoms with E-state index in [1.165, 1.54) is 4.88 Å². The number of nitrogens with zero attached hydrogens (tertiary/aromatic N) is 3. The number of methoxy groups -OCH3 is 1. The predicted molar refractivity (Wildman–Crippen MR) is 90.9 cm³/mol. The zero-order valence-corrected chi connectivity index (χ0v) is 14.1. The predicted octanol–water partition coefficient (Wildman–Crippen LogP) is 2.50. The van der Waals surface area contributed by atoms with Crippen LogP contribution in [-0.4, -0.2) is 54.0 Å². The molecule has 2 aromatic rings. The Hall–Kier alpha value is -1.92. The molecule has 1 aliphatic rings. The minimum absolute atomic E-state index is 0.0590. The molecule has 0 saturated carbocycles. The lowest BCUT2D eigenvalue weighted by Crippen LogP contribution is -2.35. The number of amides is 1. The summed E-state index contributed by atoms with van der Waals surface area (Å²) in [6.07, 6.45) is 2.62. The second-order valence-electron chi connectivity index (χ2n) is 5.59. The maximum absolute atomic E-state index is 12.7. The van der Waals surface area contributed by atoms with E-state index in [1.54, 1.807) is 36.8 Å². The van der Waals surface area contributed by atoms with Gasteiger partial charge in [-0.3, -0.25) is 9.69 Å². The van der Waals surface area contributed by atoms with Gasteiger partial charge in [0.15, 0.2) is 0 Å². The van der Waals surface area contributed by atoms with Crippen LogP contribution < -0.4 is 4.74 Å². The maximum Gasteiger partial charge on any atom is 0.254 e. The molecule has 1 aliphatic heterocycles. The zero-order valence-electron chi connectivity index (χ0n) is 13.3. The van der Waals surface area contributed by atoms with Gasteiger partial charge in [0.25, 0.3) is 5.91 Å². The number of rotatable bonds is 4. The van der Waals surface area contributed by atoms with Crippen LogP contribution in [-0.2, 0) is 6.54 Å².